The molecule has 0 bridgehead atoms. The van der Waals surface area contributed by atoms with E-state index >= 15 is 0 Å². The number of aryl methyl sites for hydroxylation is 1. The maximum Gasteiger partial charge on any atom is 0.224 e. The Morgan fingerprint density at radius 2 is 1.83 bits per heavy atom. The van der Waals surface area contributed by atoms with Crippen LogP contribution in [-0.2, 0) is 0 Å². The van der Waals surface area contributed by atoms with Gasteiger partial charge in [0.2, 0.25) is 5.95 Å². The number of piperazine rings is 1. The number of benzene rings is 1. The molecule has 0 unspecified atom stereocenters. The van der Waals surface area contributed by atoms with Crippen LogP contribution in [0.2, 0.25) is 5.02 Å². The highest BCUT2D eigenvalue weighted by molar-refractivity contribution is 6.30. The molecule has 0 aliphatic carbocycles. The van der Waals surface area contributed by atoms with Gasteiger partial charge in [-0.15, -0.1) is 0 Å². The molecule has 0 atom stereocenters. The minimum atomic E-state index is 0.726. The van der Waals surface area contributed by atoms with Crippen LogP contribution in [0.15, 0.2) is 30.3 Å². The normalized spacial score (nSPS) is 14.8. The molecule has 1 aromatic carbocycles. The second kappa shape index (κ2) is 7.71. The highest BCUT2D eigenvalue weighted by Crippen LogP contribution is 2.23. The van der Waals surface area contributed by atoms with Gasteiger partial charge in [-0.1, -0.05) is 24.6 Å². The van der Waals surface area contributed by atoms with E-state index in [2.05, 4.69) is 44.1 Å². The SMILES string of the molecule is CCCNc1nc(C)cc(N2CCN(c3cccc(Cl)c3)CC2)n1. The van der Waals surface area contributed by atoms with E-state index < -0.39 is 0 Å². The maximum atomic E-state index is 6.10. The van der Waals surface area contributed by atoms with Crippen molar-refractivity contribution in [1.82, 2.24) is 9.97 Å². The zero-order chi connectivity index (χ0) is 16.9. The molecule has 3 rings (SSSR count). The Bertz CT molecular complexity index is 683. The van der Waals surface area contributed by atoms with E-state index in [9.17, 15) is 0 Å². The summed E-state index contributed by atoms with van der Waals surface area (Å²) in [6, 6.07) is 10.1. The second-order valence-corrected chi connectivity index (χ2v) is 6.51. The summed E-state index contributed by atoms with van der Waals surface area (Å²) >= 11 is 6.10. The summed E-state index contributed by atoms with van der Waals surface area (Å²) in [5, 5.41) is 4.07. The lowest BCUT2D eigenvalue weighted by Gasteiger charge is -2.37. The molecule has 5 nitrogen and oxygen atoms in total. The Morgan fingerprint density at radius 1 is 1.08 bits per heavy atom. The molecule has 24 heavy (non-hydrogen) atoms. The summed E-state index contributed by atoms with van der Waals surface area (Å²) in [7, 11) is 0. The number of nitrogens with zero attached hydrogens (tertiary/aromatic N) is 4. The van der Waals surface area contributed by atoms with Gasteiger partial charge >= 0.3 is 0 Å². The van der Waals surface area contributed by atoms with Crippen LogP contribution in [-0.4, -0.2) is 42.7 Å². The fourth-order valence-corrected chi connectivity index (χ4v) is 3.08. The van der Waals surface area contributed by atoms with Crippen molar-refractivity contribution in [2.24, 2.45) is 0 Å². The van der Waals surface area contributed by atoms with E-state index in [1.807, 2.05) is 25.1 Å². The van der Waals surface area contributed by atoms with Crippen LogP contribution in [0.3, 0.4) is 0 Å². The van der Waals surface area contributed by atoms with Crippen molar-refractivity contribution in [3.05, 3.63) is 41.0 Å². The van der Waals surface area contributed by atoms with Crippen molar-refractivity contribution in [3.63, 3.8) is 0 Å². The molecule has 1 fully saturated rings. The predicted octanol–water partition coefficient (Wildman–Crippen LogP) is 3.59. The van der Waals surface area contributed by atoms with Crippen molar-refractivity contribution < 1.29 is 0 Å². The predicted molar refractivity (Wildman–Crippen MR) is 101 cm³/mol. The molecule has 0 saturated carbocycles. The molecule has 0 spiro atoms. The maximum absolute atomic E-state index is 6.10. The molecule has 0 amide bonds. The third kappa shape index (κ3) is 4.09. The van der Waals surface area contributed by atoms with Gasteiger partial charge in [-0.25, -0.2) is 4.98 Å². The standard InChI is InChI=1S/C18H24ClN5/c1-3-7-20-18-21-14(2)12-17(22-18)24-10-8-23(9-11-24)16-6-4-5-15(19)13-16/h4-6,12-13H,3,7-11H2,1-2H3,(H,20,21,22). The van der Waals surface area contributed by atoms with Crippen LogP contribution >= 0.6 is 11.6 Å². The van der Waals surface area contributed by atoms with Gasteiger partial charge in [-0.2, -0.15) is 4.98 Å². The fraction of sp³-hybridized carbons (Fsp3) is 0.444. The summed E-state index contributed by atoms with van der Waals surface area (Å²) in [4.78, 5) is 13.8. The smallest absolute Gasteiger partial charge is 0.224 e. The molecule has 1 saturated heterocycles. The summed E-state index contributed by atoms with van der Waals surface area (Å²) in [5.74, 6) is 1.73. The molecule has 1 aromatic heterocycles. The van der Waals surface area contributed by atoms with Crippen molar-refractivity contribution in [3.8, 4) is 0 Å². The van der Waals surface area contributed by atoms with Gasteiger partial charge in [0.15, 0.2) is 0 Å². The molecule has 1 aliphatic heterocycles. The van der Waals surface area contributed by atoms with Gasteiger partial charge in [-0.3, -0.25) is 0 Å². The number of hydrogen-bond acceptors (Lipinski definition) is 5. The monoisotopic (exact) mass is 345 g/mol. The van der Waals surface area contributed by atoms with Crippen molar-refractivity contribution in [1.29, 1.82) is 0 Å². The first-order chi connectivity index (χ1) is 11.7. The summed E-state index contributed by atoms with van der Waals surface area (Å²) in [5.41, 5.74) is 2.18. The van der Waals surface area contributed by atoms with Crippen LogP contribution in [0.4, 0.5) is 17.5 Å². The highest BCUT2D eigenvalue weighted by atomic mass is 35.5. The van der Waals surface area contributed by atoms with E-state index in [0.29, 0.717) is 0 Å². The Morgan fingerprint density at radius 3 is 2.54 bits per heavy atom. The zero-order valence-electron chi connectivity index (χ0n) is 14.3. The Labute approximate surface area is 148 Å². The summed E-state index contributed by atoms with van der Waals surface area (Å²) < 4.78 is 0. The van der Waals surface area contributed by atoms with Gasteiger partial charge in [0.05, 0.1) is 0 Å². The number of anilines is 3. The molecule has 6 heteroatoms. The van der Waals surface area contributed by atoms with Gasteiger partial charge < -0.3 is 15.1 Å². The van der Waals surface area contributed by atoms with E-state index in [0.717, 1.165) is 61.6 Å². The number of hydrogen-bond donors (Lipinski definition) is 1. The van der Waals surface area contributed by atoms with Gasteiger partial charge in [0.25, 0.3) is 0 Å². The van der Waals surface area contributed by atoms with Gasteiger partial charge in [0.1, 0.15) is 5.82 Å². The number of rotatable bonds is 5. The summed E-state index contributed by atoms with van der Waals surface area (Å²) in [6.45, 7) is 8.85. The topological polar surface area (TPSA) is 44.3 Å². The molecular formula is C18H24ClN5. The van der Waals surface area contributed by atoms with E-state index in [1.54, 1.807) is 0 Å². The first kappa shape index (κ1) is 16.8. The number of aromatic nitrogens is 2. The largest absolute Gasteiger partial charge is 0.368 e. The first-order valence-corrected chi connectivity index (χ1v) is 8.88. The van der Waals surface area contributed by atoms with E-state index in [1.165, 1.54) is 5.69 Å². The minimum absolute atomic E-state index is 0.726. The van der Waals surface area contributed by atoms with E-state index in [4.69, 9.17) is 11.6 Å². The average Bonchev–Trinajstić information content (AvgIpc) is 2.60. The number of nitrogens with one attached hydrogen (secondary N) is 1. The van der Waals surface area contributed by atoms with Gasteiger partial charge in [0, 0.05) is 55.2 Å². The molecular weight excluding hydrogens is 322 g/mol. The highest BCUT2D eigenvalue weighted by Gasteiger charge is 2.19. The van der Waals surface area contributed by atoms with Crippen LogP contribution in [0, 0.1) is 6.92 Å². The van der Waals surface area contributed by atoms with Crippen molar-refractivity contribution in [2.45, 2.75) is 20.3 Å². The molecule has 1 aliphatic rings. The Balaban J connectivity index is 1.67. The third-order valence-electron chi connectivity index (χ3n) is 4.15. The van der Waals surface area contributed by atoms with Crippen LogP contribution in [0.1, 0.15) is 19.0 Å². The Kier molecular flexibility index (Phi) is 5.41. The number of halogens is 1. The summed E-state index contributed by atoms with van der Waals surface area (Å²) in [6.07, 6.45) is 1.06. The van der Waals surface area contributed by atoms with Crippen LogP contribution in [0.5, 0.6) is 0 Å². The molecule has 128 valence electrons. The van der Waals surface area contributed by atoms with E-state index in [-0.39, 0.29) is 0 Å². The van der Waals surface area contributed by atoms with Crippen LogP contribution in [0.25, 0.3) is 0 Å². The molecule has 1 N–H and O–H groups in total. The average molecular weight is 346 g/mol. The molecule has 2 heterocycles. The van der Waals surface area contributed by atoms with Crippen LogP contribution < -0.4 is 15.1 Å². The zero-order valence-corrected chi connectivity index (χ0v) is 15.1. The fourth-order valence-electron chi connectivity index (χ4n) is 2.90. The lowest BCUT2D eigenvalue weighted by atomic mass is 10.2. The Hall–Kier alpha value is -2.01. The lowest BCUT2D eigenvalue weighted by molar-refractivity contribution is 0.646. The quantitative estimate of drug-likeness (QED) is 0.897. The van der Waals surface area contributed by atoms with Crippen molar-refractivity contribution in [2.75, 3.05) is 47.8 Å². The second-order valence-electron chi connectivity index (χ2n) is 6.07. The third-order valence-corrected chi connectivity index (χ3v) is 4.39. The molecule has 0 radical (unpaired) electrons. The van der Waals surface area contributed by atoms with Crippen molar-refractivity contribution >= 4 is 29.1 Å². The molecule has 2 aromatic rings. The lowest BCUT2D eigenvalue weighted by Crippen LogP contribution is -2.46. The van der Waals surface area contributed by atoms with Gasteiger partial charge in [-0.05, 0) is 31.5 Å². The minimum Gasteiger partial charge on any atom is -0.368 e. The first-order valence-electron chi connectivity index (χ1n) is 8.50.